The molecule has 6 heteroatoms. The van der Waals surface area contributed by atoms with E-state index in [0.29, 0.717) is 23.7 Å². The highest BCUT2D eigenvalue weighted by Crippen LogP contribution is 2.22. The van der Waals surface area contributed by atoms with E-state index in [1.54, 1.807) is 13.1 Å². The summed E-state index contributed by atoms with van der Waals surface area (Å²) in [6.45, 7) is 3.33. The van der Waals surface area contributed by atoms with Gasteiger partial charge in [-0.15, -0.1) is 11.6 Å². The topological polar surface area (TPSA) is 40.6 Å². The largest absolute Gasteiger partial charge is 0.309 e. The lowest BCUT2D eigenvalue weighted by Crippen LogP contribution is -2.30. The molecule has 0 aromatic heterocycles. The third-order valence-electron chi connectivity index (χ3n) is 3.43. The van der Waals surface area contributed by atoms with E-state index in [2.05, 4.69) is 0 Å². The van der Waals surface area contributed by atoms with Crippen molar-refractivity contribution in [2.45, 2.75) is 30.5 Å². The molecule has 0 saturated heterocycles. The monoisotopic (exact) mass is 332 g/mol. The summed E-state index contributed by atoms with van der Waals surface area (Å²) in [5, 5.41) is 0. The molecule has 0 unspecified atom stereocenters. The summed E-state index contributed by atoms with van der Waals surface area (Å²) < 4.78 is 26.9. The number of alkyl halides is 1. The van der Waals surface area contributed by atoms with E-state index in [-0.39, 0.29) is 0 Å². The highest BCUT2D eigenvalue weighted by Gasteiger charge is 2.23. The minimum Gasteiger partial charge on any atom is -0.309 e. The molecule has 1 aromatic carbocycles. The zero-order valence-electron chi connectivity index (χ0n) is 13.3. The first-order valence-electron chi connectivity index (χ1n) is 7.11. The number of hydrogen-bond donors (Lipinski definition) is 0. The molecule has 0 N–H and O–H groups in total. The number of aryl methyl sites for hydroxylation is 1. The van der Waals surface area contributed by atoms with Crippen molar-refractivity contribution in [1.82, 2.24) is 9.21 Å². The summed E-state index contributed by atoms with van der Waals surface area (Å²) in [5.74, 6) is 0.316. The lowest BCUT2D eigenvalue weighted by Gasteiger charge is -2.20. The molecule has 4 nitrogen and oxygen atoms in total. The van der Waals surface area contributed by atoms with Gasteiger partial charge >= 0.3 is 0 Å². The maximum absolute atomic E-state index is 12.7. The van der Waals surface area contributed by atoms with Crippen molar-refractivity contribution in [2.24, 2.45) is 0 Å². The Morgan fingerprint density at radius 2 is 1.81 bits per heavy atom. The van der Waals surface area contributed by atoms with Crippen molar-refractivity contribution < 1.29 is 8.42 Å². The fraction of sp³-hybridized carbons (Fsp3) is 0.600. The summed E-state index contributed by atoms with van der Waals surface area (Å²) in [5.41, 5.74) is 1.66. The third-order valence-corrected chi connectivity index (χ3v) is 5.68. The summed E-state index contributed by atoms with van der Waals surface area (Å²) in [6, 6.07) is 5.44. The van der Waals surface area contributed by atoms with Gasteiger partial charge in [0.1, 0.15) is 0 Å². The van der Waals surface area contributed by atoms with Crippen LogP contribution in [0.25, 0.3) is 0 Å². The van der Waals surface area contributed by atoms with E-state index in [0.717, 1.165) is 24.1 Å². The molecule has 0 radical (unpaired) electrons. The van der Waals surface area contributed by atoms with Crippen molar-refractivity contribution in [2.75, 3.05) is 34.2 Å². The predicted molar refractivity (Wildman–Crippen MR) is 88.4 cm³/mol. The second kappa shape index (κ2) is 8.13. The Morgan fingerprint density at radius 3 is 2.33 bits per heavy atom. The predicted octanol–water partition coefficient (Wildman–Crippen LogP) is 2.56. The van der Waals surface area contributed by atoms with Gasteiger partial charge in [-0.3, -0.25) is 0 Å². The quantitative estimate of drug-likeness (QED) is 0.687. The maximum Gasteiger partial charge on any atom is 0.243 e. The van der Waals surface area contributed by atoms with Crippen LogP contribution in [0.15, 0.2) is 23.1 Å². The van der Waals surface area contributed by atoms with Gasteiger partial charge in [-0.05, 0) is 50.7 Å². The smallest absolute Gasteiger partial charge is 0.243 e. The first-order valence-corrected chi connectivity index (χ1v) is 9.09. The standard InChI is InChI=1S/C15H25ClN2O2S/c1-5-14-8-7-13(12-16)11-15(14)21(19,20)18(4)10-6-9-17(2)3/h7-8,11H,5-6,9-10,12H2,1-4H3. The van der Waals surface area contributed by atoms with Crippen LogP contribution < -0.4 is 0 Å². The molecule has 0 amide bonds. The molecule has 0 aliphatic heterocycles. The number of sulfonamides is 1. The minimum atomic E-state index is -3.46. The van der Waals surface area contributed by atoms with Crippen LogP contribution in [-0.2, 0) is 22.3 Å². The fourth-order valence-corrected chi connectivity index (χ4v) is 3.83. The van der Waals surface area contributed by atoms with Gasteiger partial charge in [0, 0.05) is 19.5 Å². The minimum absolute atomic E-state index is 0.316. The van der Waals surface area contributed by atoms with Crippen LogP contribution >= 0.6 is 11.6 Å². The van der Waals surface area contributed by atoms with Crippen LogP contribution in [-0.4, -0.2) is 51.9 Å². The number of halogens is 1. The molecule has 120 valence electrons. The number of rotatable bonds is 8. The van der Waals surface area contributed by atoms with Crippen molar-refractivity contribution in [3.63, 3.8) is 0 Å². The number of benzene rings is 1. The van der Waals surface area contributed by atoms with Crippen LogP contribution in [0.1, 0.15) is 24.5 Å². The maximum atomic E-state index is 12.7. The van der Waals surface area contributed by atoms with Crippen molar-refractivity contribution >= 4 is 21.6 Å². The molecule has 21 heavy (non-hydrogen) atoms. The lowest BCUT2D eigenvalue weighted by molar-refractivity contribution is 0.370. The first kappa shape index (κ1) is 18.4. The zero-order chi connectivity index (χ0) is 16.0. The molecule has 0 fully saturated rings. The average molecular weight is 333 g/mol. The van der Waals surface area contributed by atoms with E-state index in [9.17, 15) is 8.42 Å². The second-order valence-electron chi connectivity index (χ2n) is 5.41. The van der Waals surface area contributed by atoms with Crippen molar-refractivity contribution in [3.8, 4) is 0 Å². The lowest BCUT2D eigenvalue weighted by atomic mass is 10.1. The van der Waals surface area contributed by atoms with E-state index in [4.69, 9.17) is 11.6 Å². The van der Waals surface area contributed by atoms with Gasteiger partial charge in [0.15, 0.2) is 0 Å². The second-order valence-corrected chi connectivity index (χ2v) is 7.69. The summed E-state index contributed by atoms with van der Waals surface area (Å²) in [6.07, 6.45) is 1.49. The van der Waals surface area contributed by atoms with Gasteiger partial charge < -0.3 is 4.90 Å². The molecule has 0 spiro atoms. The Labute approximate surface area is 133 Å². The molecule has 0 heterocycles. The molecular weight excluding hydrogens is 308 g/mol. The van der Waals surface area contributed by atoms with Crippen LogP contribution in [0.3, 0.4) is 0 Å². The molecular formula is C15H25ClN2O2S. The van der Waals surface area contributed by atoms with Gasteiger partial charge in [-0.25, -0.2) is 12.7 Å². The summed E-state index contributed by atoms with van der Waals surface area (Å²) >= 11 is 5.83. The molecule has 0 saturated carbocycles. The molecule has 1 aromatic rings. The van der Waals surface area contributed by atoms with E-state index in [1.807, 2.05) is 38.1 Å². The van der Waals surface area contributed by atoms with Gasteiger partial charge in [-0.1, -0.05) is 19.1 Å². The zero-order valence-corrected chi connectivity index (χ0v) is 14.8. The van der Waals surface area contributed by atoms with E-state index < -0.39 is 10.0 Å². The fourth-order valence-electron chi connectivity index (χ4n) is 2.11. The third kappa shape index (κ3) is 4.95. The van der Waals surface area contributed by atoms with E-state index in [1.165, 1.54) is 4.31 Å². The normalized spacial score (nSPS) is 12.3. The SMILES string of the molecule is CCc1ccc(CCl)cc1S(=O)(=O)N(C)CCCN(C)C. The first-order chi connectivity index (χ1) is 9.82. The Morgan fingerprint density at radius 1 is 1.14 bits per heavy atom. The van der Waals surface area contributed by atoms with Crippen LogP contribution in [0.4, 0.5) is 0 Å². The van der Waals surface area contributed by atoms with Crippen molar-refractivity contribution in [3.05, 3.63) is 29.3 Å². The molecule has 1 rings (SSSR count). The van der Waals surface area contributed by atoms with Crippen molar-refractivity contribution in [1.29, 1.82) is 0 Å². The summed E-state index contributed by atoms with van der Waals surface area (Å²) in [7, 11) is 2.14. The van der Waals surface area contributed by atoms with Gasteiger partial charge in [0.25, 0.3) is 0 Å². The van der Waals surface area contributed by atoms with E-state index >= 15 is 0 Å². The summed E-state index contributed by atoms with van der Waals surface area (Å²) in [4.78, 5) is 2.43. The van der Waals surface area contributed by atoms with Gasteiger partial charge in [0.05, 0.1) is 4.90 Å². The van der Waals surface area contributed by atoms with Crippen LogP contribution in [0.2, 0.25) is 0 Å². The average Bonchev–Trinajstić information content (AvgIpc) is 2.45. The molecule has 0 aliphatic rings. The highest BCUT2D eigenvalue weighted by atomic mass is 35.5. The molecule has 0 atom stereocenters. The van der Waals surface area contributed by atoms with Gasteiger partial charge in [-0.2, -0.15) is 0 Å². The molecule has 0 aliphatic carbocycles. The van der Waals surface area contributed by atoms with Crippen LogP contribution in [0, 0.1) is 0 Å². The Kier molecular flexibility index (Phi) is 7.13. The number of hydrogen-bond acceptors (Lipinski definition) is 3. The Balaban J connectivity index is 3.00. The number of nitrogens with zero attached hydrogens (tertiary/aromatic N) is 2. The Bertz CT molecular complexity index is 559. The molecule has 0 bridgehead atoms. The van der Waals surface area contributed by atoms with Gasteiger partial charge in [0.2, 0.25) is 10.0 Å². The highest BCUT2D eigenvalue weighted by molar-refractivity contribution is 7.89. The van der Waals surface area contributed by atoms with Crippen LogP contribution in [0.5, 0.6) is 0 Å². The Hall–Kier alpha value is -0.620.